The van der Waals surface area contributed by atoms with Gasteiger partial charge in [-0.25, -0.2) is 0 Å². The van der Waals surface area contributed by atoms with E-state index in [-0.39, 0.29) is 6.04 Å². The molecule has 4 rings (SSSR count). The second-order valence-electron chi connectivity index (χ2n) is 7.83. The molecule has 0 spiro atoms. The molecule has 0 radical (unpaired) electrons. The summed E-state index contributed by atoms with van der Waals surface area (Å²) in [6.07, 6.45) is 8.69. The lowest BCUT2D eigenvalue weighted by Gasteiger charge is -2.20. The Morgan fingerprint density at radius 3 is 2.68 bits per heavy atom. The molecule has 6 nitrogen and oxygen atoms in total. The van der Waals surface area contributed by atoms with Crippen molar-refractivity contribution in [2.24, 2.45) is 0 Å². The van der Waals surface area contributed by atoms with Crippen LogP contribution in [0, 0.1) is 0 Å². The molecule has 1 saturated carbocycles. The summed E-state index contributed by atoms with van der Waals surface area (Å²) in [6.45, 7) is 5.97. The van der Waals surface area contributed by atoms with Crippen molar-refractivity contribution in [2.45, 2.75) is 83.2 Å². The van der Waals surface area contributed by atoms with E-state index in [4.69, 9.17) is 9.05 Å². The highest BCUT2D eigenvalue weighted by molar-refractivity contribution is 5.12. The number of rotatable bonds is 5. The van der Waals surface area contributed by atoms with E-state index in [0.29, 0.717) is 11.8 Å². The molecule has 2 aromatic heterocycles. The predicted octanol–water partition coefficient (Wildman–Crippen LogP) is 4.57. The average molecular weight is 344 g/mol. The second kappa shape index (κ2) is 7.28. The molecule has 1 saturated heterocycles. The van der Waals surface area contributed by atoms with Gasteiger partial charge in [-0.2, -0.15) is 4.98 Å². The first-order valence-electron chi connectivity index (χ1n) is 9.73. The molecule has 1 aliphatic carbocycles. The van der Waals surface area contributed by atoms with E-state index >= 15 is 0 Å². The third-order valence-electron chi connectivity index (χ3n) is 5.58. The third kappa shape index (κ3) is 3.64. The minimum atomic E-state index is 0.197. The molecule has 0 bridgehead atoms. The summed E-state index contributed by atoms with van der Waals surface area (Å²) in [5.41, 5.74) is 1.14. The van der Waals surface area contributed by atoms with Crippen LogP contribution >= 0.6 is 0 Å². The van der Waals surface area contributed by atoms with Crippen molar-refractivity contribution in [3.8, 4) is 0 Å². The van der Waals surface area contributed by atoms with Gasteiger partial charge in [-0.1, -0.05) is 43.4 Å². The van der Waals surface area contributed by atoms with Crippen LogP contribution in [0.5, 0.6) is 0 Å². The van der Waals surface area contributed by atoms with Crippen LogP contribution in [-0.4, -0.2) is 26.7 Å². The Kier molecular flexibility index (Phi) is 4.88. The van der Waals surface area contributed by atoms with Crippen molar-refractivity contribution in [3.63, 3.8) is 0 Å². The summed E-state index contributed by atoms with van der Waals surface area (Å²) in [7, 11) is 0. The number of hydrogen-bond donors (Lipinski definition) is 0. The lowest BCUT2D eigenvalue weighted by atomic mass is 9.87. The van der Waals surface area contributed by atoms with E-state index < -0.39 is 0 Å². The predicted molar refractivity (Wildman–Crippen MR) is 93.1 cm³/mol. The molecular formula is C19H28N4O2. The van der Waals surface area contributed by atoms with Gasteiger partial charge < -0.3 is 9.05 Å². The van der Waals surface area contributed by atoms with Gasteiger partial charge in [-0.3, -0.25) is 4.90 Å². The van der Waals surface area contributed by atoms with Gasteiger partial charge in [0, 0.05) is 17.9 Å². The largest absolute Gasteiger partial charge is 0.360 e. The number of aromatic nitrogens is 3. The lowest BCUT2D eigenvalue weighted by molar-refractivity contribution is 0.182. The first kappa shape index (κ1) is 16.8. The van der Waals surface area contributed by atoms with E-state index in [0.717, 1.165) is 49.1 Å². The van der Waals surface area contributed by atoms with Crippen molar-refractivity contribution >= 4 is 0 Å². The Balaban J connectivity index is 1.43. The molecule has 0 amide bonds. The van der Waals surface area contributed by atoms with Crippen LogP contribution in [-0.2, 0) is 6.54 Å². The molecule has 0 N–H and O–H groups in total. The van der Waals surface area contributed by atoms with Gasteiger partial charge in [0.2, 0.25) is 5.89 Å². The summed E-state index contributed by atoms with van der Waals surface area (Å²) in [5, 5.41) is 8.47. The maximum Gasteiger partial charge on any atom is 0.244 e. The van der Waals surface area contributed by atoms with Crippen LogP contribution in [0.25, 0.3) is 0 Å². The number of likely N-dealkylation sites (tertiary alicyclic amines) is 1. The highest BCUT2D eigenvalue weighted by Gasteiger charge is 2.32. The molecule has 25 heavy (non-hydrogen) atoms. The Bertz CT molecular complexity index is 687. The van der Waals surface area contributed by atoms with Crippen LogP contribution in [0.4, 0.5) is 0 Å². The quantitative estimate of drug-likeness (QED) is 0.791. The maximum absolute atomic E-state index is 5.65. The number of nitrogens with zero attached hydrogens (tertiary/aromatic N) is 4. The van der Waals surface area contributed by atoms with E-state index in [1.54, 1.807) is 0 Å². The highest BCUT2D eigenvalue weighted by atomic mass is 16.5. The van der Waals surface area contributed by atoms with E-state index in [9.17, 15) is 0 Å². The molecule has 6 heteroatoms. The highest BCUT2D eigenvalue weighted by Crippen LogP contribution is 2.35. The molecule has 2 aliphatic rings. The van der Waals surface area contributed by atoms with Gasteiger partial charge in [0.1, 0.15) is 0 Å². The van der Waals surface area contributed by atoms with Gasteiger partial charge in [-0.15, -0.1) is 0 Å². The molecule has 2 aromatic rings. The van der Waals surface area contributed by atoms with Crippen LogP contribution in [0.2, 0.25) is 0 Å². The van der Waals surface area contributed by atoms with Gasteiger partial charge in [0.05, 0.1) is 18.3 Å². The molecule has 3 heterocycles. The zero-order chi connectivity index (χ0) is 17.2. The normalized spacial score (nSPS) is 22.9. The zero-order valence-electron chi connectivity index (χ0n) is 15.3. The fourth-order valence-corrected chi connectivity index (χ4v) is 4.11. The fourth-order valence-electron chi connectivity index (χ4n) is 4.11. The van der Waals surface area contributed by atoms with Crippen LogP contribution in [0.15, 0.2) is 15.1 Å². The smallest absolute Gasteiger partial charge is 0.244 e. The molecule has 0 aromatic carbocycles. The zero-order valence-corrected chi connectivity index (χ0v) is 15.3. The topological polar surface area (TPSA) is 68.2 Å². The van der Waals surface area contributed by atoms with Crippen molar-refractivity contribution in [1.29, 1.82) is 0 Å². The van der Waals surface area contributed by atoms with E-state index in [1.165, 1.54) is 32.1 Å². The minimum Gasteiger partial charge on any atom is -0.360 e. The van der Waals surface area contributed by atoms with Crippen molar-refractivity contribution in [3.05, 3.63) is 29.2 Å². The Labute approximate surface area is 148 Å². The molecule has 2 fully saturated rings. The first-order chi connectivity index (χ1) is 12.2. The van der Waals surface area contributed by atoms with Gasteiger partial charge >= 0.3 is 0 Å². The summed E-state index contributed by atoms with van der Waals surface area (Å²) in [4.78, 5) is 6.97. The molecule has 1 atom stereocenters. The summed E-state index contributed by atoms with van der Waals surface area (Å²) >= 11 is 0. The lowest BCUT2D eigenvalue weighted by Crippen LogP contribution is -2.22. The molecule has 0 unspecified atom stereocenters. The summed E-state index contributed by atoms with van der Waals surface area (Å²) in [5.74, 6) is 3.37. The Hall–Kier alpha value is -1.69. The monoisotopic (exact) mass is 344 g/mol. The summed E-state index contributed by atoms with van der Waals surface area (Å²) in [6, 6.07) is 2.36. The van der Waals surface area contributed by atoms with Gasteiger partial charge in [-0.05, 0) is 32.2 Å². The average Bonchev–Trinajstić information content (AvgIpc) is 3.36. The summed E-state index contributed by atoms with van der Waals surface area (Å²) < 4.78 is 11.2. The van der Waals surface area contributed by atoms with Gasteiger partial charge in [0.15, 0.2) is 11.6 Å². The van der Waals surface area contributed by atoms with Crippen LogP contribution < -0.4 is 0 Å². The van der Waals surface area contributed by atoms with Crippen LogP contribution in [0.1, 0.15) is 99.8 Å². The first-order valence-corrected chi connectivity index (χ1v) is 9.73. The molecular weight excluding hydrogens is 316 g/mol. The number of hydrogen-bond acceptors (Lipinski definition) is 6. The maximum atomic E-state index is 5.65. The van der Waals surface area contributed by atoms with E-state index in [1.807, 2.05) is 0 Å². The van der Waals surface area contributed by atoms with Gasteiger partial charge in [0.25, 0.3) is 0 Å². The van der Waals surface area contributed by atoms with E-state index in [2.05, 4.69) is 40.1 Å². The third-order valence-corrected chi connectivity index (χ3v) is 5.58. The van der Waals surface area contributed by atoms with Crippen LogP contribution in [0.3, 0.4) is 0 Å². The Morgan fingerprint density at radius 1 is 1.08 bits per heavy atom. The molecule has 136 valence electrons. The minimum absolute atomic E-state index is 0.197. The standard InChI is InChI=1S/C19H28N4O2/c1-13(2)18-20-19(25-22-18)17-9-6-10-23(17)12-15-11-16(21-24-15)14-7-4-3-5-8-14/h11,13-14,17H,3-10,12H2,1-2H3/t17-/m0/s1. The fraction of sp³-hybridized carbons (Fsp3) is 0.737. The van der Waals surface area contributed by atoms with Crippen molar-refractivity contribution < 1.29 is 9.05 Å². The molecule has 1 aliphatic heterocycles. The Morgan fingerprint density at radius 2 is 1.92 bits per heavy atom. The SMILES string of the molecule is CC(C)c1noc([C@@H]2CCCN2Cc2cc(C3CCCCC3)no2)n1. The van der Waals surface area contributed by atoms with Crippen molar-refractivity contribution in [1.82, 2.24) is 20.2 Å². The van der Waals surface area contributed by atoms with Crippen molar-refractivity contribution in [2.75, 3.05) is 6.54 Å². The second-order valence-corrected chi connectivity index (χ2v) is 7.83.